The molecule has 2 fully saturated rings. The van der Waals surface area contributed by atoms with Gasteiger partial charge in [-0.3, -0.25) is 9.59 Å². The first kappa shape index (κ1) is 20.8. The zero-order chi connectivity index (χ0) is 21.3. The van der Waals surface area contributed by atoms with E-state index in [1.165, 1.54) is 11.0 Å². The van der Waals surface area contributed by atoms with E-state index in [9.17, 15) is 14.0 Å². The van der Waals surface area contributed by atoms with Crippen molar-refractivity contribution in [2.45, 2.75) is 13.3 Å². The van der Waals surface area contributed by atoms with Crippen LogP contribution in [0.4, 0.5) is 21.5 Å². The molecule has 1 unspecified atom stereocenters. The van der Waals surface area contributed by atoms with Gasteiger partial charge in [-0.25, -0.2) is 4.39 Å². The molecule has 2 amide bonds. The Labute approximate surface area is 183 Å². The predicted molar refractivity (Wildman–Crippen MR) is 117 cm³/mol. The third-order valence-corrected chi connectivity index (χ3v) is 5.95. The Balaban J connectivity index is 1.51. The molecule has 0 aliphatic carbocycles. The molecule has 30 heavy (non-hydrogen) atoms. The molecule has 2 aliphatic rings. The summed E-state index contributed by atoms with van der Waals surface area (Å²) in [4.78, 5) is 29.0. The van der Waals surface area contributed by atoms with Gasteiger partial charge in [-0.2, -0.15) is 0 Å². The van der Waals surface area contributed by atoms with Crippen LogP contribution in [0, 0.1) is 18.7 Å². The SMILES string of the molecule is Cc1ccc(N2CC(C(=O)Nc3cc(Br)ccc3N3CCOCC3)CC2=O)c(F)c1. The van der Waals surface area contributed by atoms with Gasteiger partial charge in [0.05, 0.1) is 36.2 Å². The number of carbonyl (C=O) groups excluding carboxylic acids is 2. The minimum Gasteiger partial charge on any atom is -0.378 e. The van der Waals surface area contributed by atoms with E-state index >= 15 is 0 Å². The summed E-state index contributed by atoms with van der Waals surface area (Å²) < 4.78 is 20.6. The maximum absolute atomic E-state index is 14.3. The van der Waals surface area contributed by atoms with Crippen LogP contribution in [0.1, 0.15) is 12.0 Å². The van der Waals surface area contributed by atoms with Gasteiger partial charge in [-0.05, 0) is 42.8 Å². The Kier molecular flexibility index (Phi) is 6.06. The van der Waals surface area contributed by atoms with E-state index in [1.54, 1.807) is 19.1 Å². The fourth-order valence-electron chi connectivity index (χ4n) is 3.87. The van der Waals surface area contributed by atoms with E-state index in [4.69, 9.17) is 4.74 Å². The molecule has 1 N–H and O–H groups in total. The van der Waals surface area contributed by atoms with Gasteiger partial charge in [-0.15, -0.1) is 0 Å². The third-order valence-electron chi connectivity index (χ3n) is 5.46. The average molecular weight is 476 g/mol. The van der Waals surface area contributed by atoms with Gasteiger partial charge in [0, 0.05) is 30.5 Å². The van der Waals surface area contributed by atoms with Crippen LogP contribution in [0.2, 0.25) is 0 Å². The van der Waals surface area contributed by atoms with Crippen molar-refractivity contribution in [2.75, 3.05) is 48.0 Å². The maximum Gasteiger partial charge on any atom is 0.229 e. The highest BCUT2D eigenvalue weighted by Gasteiger charge is 2.36. The largest absolute Gasteiger partial charge is 0.378 e. The van der Waals surface area contributed by atoms with Crippen LogP contribution in [0.3, 0.4) is 0 Å². The van der Waals surface area contributed by atoms with Crippen molar-refractivity contribution < 1.29 is 18.7 Å². The topological polar surface area (TPSA) is 61.9 Å². The molecule has 6 nitrogen and oxygen atoms in total. The molecule has 0 aromatic heterocycles. The van der Waals surface area contributed by atoms with Crippen LogP contribution in [0.5, 0.6) is 0 Å². The van der Waals surface area contributed by atoms with Crippen molar-refractivity contribution in [1.29, 1.82) is 0 Å². The highest BCUT2D eigenvalue weighted by molar-refractivity contribution is 9.10. The summed E-state index contributed by atoms with van der Waals surface area (Å²) in [6, 6.07) is 10.5. The number of aryl methyl sites for hydroxylation is 1. The summed E-state index contributed by atoms with van der Waals surface area (Å²) in [7, 11) is 0. The van der Waals surface area contributed by atoms with Crippen molar-refractivity contribution in [3.63, 3.8) is 0 Å². The van der Waals surface area contributed by atoms with Gasteiger partial charge in [0.2, 0.25) is 11.8 Å². The van der Waals surface area contributed by atoms with Crippen molar-refractivity contribution in [2.24, 2.45) is 5.92 Å². The molecule has 1 atom stereocenters. The molecule has 2 saturated heterocycles. The van der Waals surface area contributed by atoms with Crippen molar-refractivity contribution in [3.05, 3.63) is 52.3 Å². The second-order valence-electron chi connectivity index (χ2n) is 7.61. The van der Waals surface area contributed by atoms with Gasteiger partial charge < -0.3 is 19.9 Å². The van der Waals surface area contributed by atoms with E-state index in [1.807, 2.05) is 18.2 Å². The number of nitrogens with one attached hydrogen (secondary N) is 1. The Hall–Kier alpha value is -2.45. The Morgan fingerprint density at radius 3 is 2.63 bits per heavy atom. The maximum atomic E-state index is 14.3. The molecular weight excluding hydrogens is 453 g/mol. The van der Waals surface area contributed by atoms with Gasteiger partial charge >= 0.3 is 0 Å². The van der Waals surface area contributed by atoms with Crippen LogP contribution < -0.4 is 15.1 Å². The van der Waals surface area contributed by atoms with Crippen molar-refractivity contribution in [3.8, 4) is 0 Å². The average Bonchev–Trinajstić information content (AvgIpc) is 3.10. The van der Waals surface area contributed by atoms with E-state index < -0.39 is 11.7 Å². The Morgan fingerprint density at radius 2 is 1.90 bits per heavy atom. The number of carbonyl (C=O) groups is 2. The quantitative estimate of drug-likeness (QED) is 0.731. The third kappa shape index (κ3) is 4.34. The van der Waals surface area contributed by atoms with E-state index in [0.717, 1.165) is 28.8 Å². The van der Waals surface area contributed by atoms with Gasteiger partial charge in [0.1, 0.15) is 5.82 Å². The van der Waals surface area contributed by atoms with E-state index in [-0.39, 0.29) is 30.5 Å². The molecule has 0 bridgehead atoms. The Morgan fingerprint density at radius 1 is 1.17 bits per heavy atom. The number of anilines is 3. The molecule has 0 radical (unpaired) electrons. The lowest BCUT2D eigenvalue weighted by atomic mass is 10.1. The van der Waals surface area contributed by atoms with E-state index in [0.29, 0.717) is 18.9 Å². The number of halogens is 2. The minimum atomic E-state index is -0.547. The first-order chi connectivity index (χ1) is 14.4. The number of nitrogens with zero attached hydrogens (tertiary/aromatic N) is 2. The predicted octanol–water partition coefficient (Wildman–Crippen LogP) is 3.72. The summed E-state index contributed by atoms with van der Waals surface area (Å²) in [5, 5.41) is 2.98. The number of benzene rings is 2. The summed E-state index contributed by atoms with van der Waals surface area (Å²) in [6.07, 6.45) is 0.0556. The van der Waals surface area contributed by atoms with Crippen molar-refractivity contribution in [1.82, 2.24) is 0 Å². The lowest BCUT2D eigenvalue weighted by molar-refractivity contribution is -0.122. The highest BCUT2D eigenvalue weighted by Crippen LogP contribution is 2.32. The second kappa shape index (κ2) is 8.73. The summed E-state index contributed by atoms with van der Waals surface area (Å²) >= 11 is 3.46. The lowest BCUT2D eigenvalue weighted by Gasteiger charge is -2.30. The number of hydrogen-bond acceptors (Lipinski definition) is 4. The molecule has 8 heteroatoms. The fraction of sp³-hybridized carbons (Fsp3) is 0.364. The number of morpholine rings is 1. The summed E-state index contributed by atoms with van der Waals surface area (Å²) in [5.74, 6) is -1.49. The monoisotopic (exact) mass is 475 g/mol. The number of rotatable bonds is 4. The number of hydrogen-bond donors (Lipinski definition) is 1. The normalized spacial score (nSPS) is 19.3. The first-order valence-corrected chi connectivity index (χ1v) is 10.7. The van der Waals surface area contributed by atoms with Gasteiger partial charge in [0.25, 0.3) is 0 Å². The molecule has 0 saturated carbocycles. The second-order valence-corrected chi connectivity index (χ2v) is 8.53. The molecule has 4 rings (SSSR count). The van der Waals surface area contributed by atoms with Crippen LogP contribution >= 0.6 is 15.9 Å². The molecule has 0 spiro atoms. The fourth-order valence-corrected chi connectivity index (χ4v) is 4.23. The van der Waals surface area contributed by atoms with Gasteiger partial charge in [-0.1, -0.05) is 22.0 Å². The molecule has 2 aromatic rings. The van der Waals surface area contributed by atoms with Crippen LogP contribution in [-0.2, 0) is 14.3 Å². The lowest BCUT2D eigenvalue weighted by Crippen LogP contribution is -2.37. The Bertz CT molecular complexity index is 978. The number of amides is 2. The standard InChI is InChI=1S/C22H23BrFN3O3/c1-14-2-4-19(17(24)10-14)27-13-15(11-21(27)28)22(29)25-18-12-16(23)3-5-20(18)26-6-8-30-9-7-26/h2-5,10,12,15H,6-9,11,13H2,1H3,(H,25,29). The molecular formula is C22H23BrFN3O3. The molecule has 2 heterocycles. The van der Waals surface area contributed by atoms with Crippen LogP contribution in [0.15, 0.2) is 40.9 Å². The smallest absolute Gasteiger partial charge is 0.229 e. The minimum absolute atomic E-state index is 0.0556. The zero-order valence-electron chi connectivity index (χ0n) is 16.7. The number of ether oxygens (including phenoxy) is 1. The summed E-state index contributed by atoms with van der Waals surface area (Å²) in [5.41, 5.74) is 2.60. The van der Waals surface area contributed by atoms with Gasteiger partial charge in [0.15, 0.2) is 0 Å². The van der Waals surface area contributed by atoms with E-state index in [2.05, 4.69) is 26.1 Å². The van der Waals surface area contributed by atoms with Crippen molar-refractivity contribution >= 4 is 44.8 Å². The highest BCUT2D eigenvalue weighted by atomic mass is 79.9. The zero-order valence-corrected chi connectivity index (χ0v) is 18.2. The molecule has 2 aliphatic heterocycles. The first-order valence-electron chi connectivity index (χ1n) is 9.92. The molecule has 2 aromatic carbocycles. The molecule has 158 valence electrons. The summed E-state index contributed by atoms with van der Waals surface area (Å²) in [6.45, 7) is 4.71. The van der Waals surface area contributed by atoms with Crippen LogP contribution in [0.25, 0.3) is 0 Å². The van der Waals surface area contributed by atoms with Crippen LogP contribution in [-0.4, -0.2) is 44.7 Å².